The number of aromatic nitrogens is 1. The fourth-order valence-electron chi connectivity index (χ4n) is 2.19. The Balaban J connectivity index is 1.56. The van der Waals surface area contributed by atoms with Gasteiger partial charge in [0.1, 0.15) is 0 Å². The Labute approximate surface area is 132 Å². The number of nitrogens with zero attached hydrogens (tertiary/aromatic N) is 1. The van der Waals surface area contributed by atoms with Gasteiger partial charge in [0.05, 0.1) is 10.7 Å². The van der Waals surface area contributed by atoms with Gasteiger partial charge in [0, 0.05) is 45.8 Å². The molecule has 2 atom stereocenters. The summed E-state index contributed by atoms with van der Waals surface area (Å²) in [5.41, 5.74) is 2.35. The zero-order chi connectivity index (χ0) is 14.8. The molecule has 1 N–H and O–H groups in total. The van der Waals surface area contributed by atoms with Crippen LogP contribution in [-0.4, -0.2) is 15.4 Å². The first-order valence-corrected chi connectivity index (χ1v) is 9.68. The van der Waals surface area contributed by atoms with Crippen LogP contribution < -0.4 is 5.32 Å². The zero-order valence-electron chi connectivity index (χ0n) is 12.3. The van der Waals surface area contributed by atoms with Crippen molar-refractivity contribution < 1.29 is 4.21 Å². The lowest BCUT2D eigenvalue weighted by molar-refractivity contribution is 0.562. The van der Waals surface area contributed by atoms with Gasteiger partial charge in [-0.1, -0.05) is 12.1 Å². The Hall–Kier alpha value is -1.04. The van der Waals surface area contributed by atoms with Crippen LogP contribution in [0, 0.1) is 0 Å². The van der Waals surface area contributed by atoms with Crippen molar-refractivity contribution in [3.63, 3.8) is 0 Å². The summed E-state index contributed by atoms with van der Waals surface area (Å²) in [5.74, 6) is 0.735. The first kappa shape index (κ1) is 14.9. The van der Waals surface area contributed by atoms with E-state index >= 15 is 0 Å². The molecule has 1 aromatic heterocycles. The Morgan fingerprint density at radius 2 is 2.10 bits per heavy atom. The molecule has 5 heteroatoms. The van der Waals surface area contributed by atoms with Gasteiger partial charge >= 0.3 is 0 Å². The normalized spacial score (nSPS) is 17.6. The molecular weight excluding hydrogens is 300 g/mol. The molecule has 0 spiro atoms. The average molecular weight is 320 g/mol. The number of hydrogen-bond acceptors (Lipinski definition) is 4. The minimum Gasteiger partial charge on any atom is -0.305 e. The molecule has 0 saturated heterocycles. The van der Waals surface area contributed by atoms with E-state index < -0.39 is 10.8 Å². The first-order chi connectivity index (χ1) is 10.1. The molecule has 1 aliphatic rings. The van der Waals surface area contributed by atoms with Gasteiger partial charge in [0.25, 0.3) is 0 Å². The number of benzene rings is 1. The second-order valence-electron chi connectivity index (χ2n) is 5.59. The largest absolute Gasteiger partial charge is 0.305 e. The van der Waals surface area contributed by atoms with Crippen LogP contribution in [0.2, 0.25) is 0 Å². The van der Waals surface area contributed by atoms with Crippen molar-refractivity contribution in [2.24, 2.45) is 0 Å². The predicted molar refractivity (Wildman–Crippen MR) is 88.1 cm³/mol. The molecule has 1 fully saturated rings. The zero-order valence-corrected chi connectivity index (χ0v) is 14.0. The second-order valence-corrected chi connectivity index (χ2v) is 7.85. The van der Waals surface area contributed by atoms with Crippen LogP contribution in [0.4, 0.5) is 0 Å². The highest BCUT2D eigenvalue weighted by Crippen LogP contribution is 2.41. The summed E-state index contributed by atoms with van der Waals surface area (Å²) < 4.78 is 11.4. The van der Waals surface area contributed by atoms with Gasteiger partial charge < -0.3 is 5.32 Å². The van der Waals surface area contributed by atoms with Crippen molar-refractivity contribution in [3.05, 3.63) is 45.9 Å². The van der Waals surface area contributed by atoms with Crippen molar-refractivity contribution in [2.75, 3.05) is 6.26 Å². The summed E-state index contributed by atoms with van der Waals surface area (Å²) >= 11 is 1.79. The topological polar surface area (TPSA) is 42.0 Å². The fourth-order valence-corrected chi connectivity index (χ4v) is 3.80. The van der Waals surface area contributed by atoms with Crippen molar-refractivity contribution >= 4 is 22.1 Å². The maximum Gasteiger partial charge on any atom is 0.0959 e. The Morgan fingerprint density at radius 1 is 1.38 bits per heavy atom. The standard InChI is InChI=1S/C16H20N2OS2/c1-11(15-10-20-16(18-15)13-5-6-13)17-9-12-3-7-14(8-4-12)21(2)19/h3-4,7-8,10-11,13,17H,5-6,9H2,1-2H3/t11-,21+/m0/s1. The van der Waals surface area contributed by atoms with E-state index in [0.717, 1.165) is 23.1 Å². The van der Waals surface area contributed by atoms with E-state index in [1.54, 1.807) is 17.6 Å². The quantitative estimate of drug-likeness (QED) is 0.884. The molecule has 1 aliphatic carbocycles. The fraction of sp³-hybridized carbons (Fsp3) is 0.438. The maximum atomic E-state index is 11.4. The maximum absolute atomic E-state index is 11.4. The number of thiazole rings is 1. The van der Waals surface area contributed by atoms with Gasteiger partial charge in [-0.2, -0.15) is 0 Å². The molecule has 1 saturated carbocycles. The van der Waals surface area contributed by atoms with Crippen LogP contribution in [0.3, 0.4) is 0 Å². The molecule has 0 unspecified atom stereocenters. The number of rotatable bonds is 6. The van der Waals surface area contributed by atoms with Crippen LogP contribution in [0.1, 0.15) is 48.0 Å². The summed E-state index contributed by atoms with van der Waals surface area (Å²) in [5, 5.41) is 6.98. The molecule has 3 rings (SSSR count). The van der Waals surface area contributed by atoms with Gasteiger partial charge in [-0.15, -0.1) is 11.3 Å². The van der Waals surface area contributed by atoms with Crippen LogP contribution in [-0.2, 0) is 17.3 Å². The minimum absolute atomic E-state index is 0.258. The lowest BCUT2D eigenvalue weighted by Gasteiger charge is -2.11. The van der Waals surface area contributed by atoms with E-state index in [-0.39, 0.29) is 6.04 Å². The van der Waals surface area contributed by atoms with Gasteiger partial charge in [-0.05, 0) is 37.5 Å². The van der Waals surface area contributed by atoms with E-state index in [2.05, 4.69) is 17.6 Å². The van der Waals surface area contributed by atoms with Crippen molar-refractivity contribution in [2.45, 2.75) is 43.2 Å². The van der Waals surface area contributed by atoms with Gasteiger partial charge in [-0.25, -0.2) is 4.98 Å². The van der Waals surface area contributed by atoms with Gasteiger partial charge in [-0.3, -0.25) is 4.21 Å². The SMILES string of the molecule is C[C@H](NCc1ccc([S@@](C)=O)cc1)c1csc(C2CC2)n1. The summed E-state index contributed by atoms with van der Waals surface area (Å²) in [6.07, 6.45) is 4.31. The van der Waals surface area contributed by atoms with Crippen molar-refractivity contribution in [3.8, 4) is 0 Å². The van der Waals surface area contributed by atoms with Crippen LogP contribution in [0.5, 0.6) is 0 Å². The summed E-state index contributed by atoms with van der Waals surface area (Å²) in [7, 11) is -0.905. The molecule has 0 amide bonds. The molecule has 0 aliphatic heterocycles. The van der Waals surface area contributed by atoms with E-state index in [1.165, 1.54) is 23.4 Å². The van der Waals surface area contributed by atoms with E-state index in [1.807, 2.05) is 24.3 Å². The Kier molecular flexibility index (Phi) is 4.52. The Morgan fingerprint density at radius 3 is 2.71 bits per heavy atom. The molecule has 3 nitrogen and oxygen atoms in total. The van der Waals surface area contributed by atoms with Crippen LogP contribution in [0.15, 0.2) is 34.5 Å². The highest BCUT2D eigenvalue weighted by Gasteiger charge is 2.27. The minimum atomic E-state index is -0.905. The lowest BCUT2D eigenvalue weighted by Crippen LogP contribution is -2.18. The predicted octanol–water partition coefficient (Wildman–Crippen LogP) is 3.61. The molecule has 1 heterocycles. The highest BCUT2D eigenvalue weighted by atomic mass is 32.2. The summed E-state index contributed by atoms with van der Waals surface area (Å²) in [4.78, 5) is 5.61. The van der Waals surface area contributed by atoms with Gasteiger partial charge in [0.2, 0.25) is 0 Å². The van der Waals surface area contributed by atoms with Crippen molar-refractivity contribution in [1.29, 1.82) is 0 Å². The number of nitrogens with one attached hydrogen (secondary N) is 1. The monoisotopic (exact) mass is 320 g/mol. The third kappa shape index (κ3) is 3.78. The molecule has 21 heavy (non-hydrogen) atoms. The van der Waals surface area contributed by atoms with Crippen molar-refractivity contribution in [1.82, 2.24) is 10.3 Å². The molecule has 2 aromatic rings. The van der Waals surface area contributed by atoms with E-state index in [9.17, 15) is 4.21 Å². The third-order valence-corrected chi connectivity index (χ3v) is 5.74. The third-order valence-electron chi connectivity index (χ3n) is 3.78. The molecular formula is C16H20N2OS2. The van der Waals surface area contributed by atoms with Gasteiger partial charge in [0.15, 0.2) is 0 Å². The summed E-state index contributed by atoms with van der Waals surface area (Å²) in [6, 6.07) is 8.20. The van der Waals surface area contributed by atoms with Crippen LogP contribution in [0.25, 0.3) is 0 Å². The first-order valence-electron chi connectivity index (χ1n) is 7.24. The Bertz CT molecular complexity index is 632. The van der Waals surface area contributed by atoms with E-state index in [0.29, 0.717) is 0 Å². The highest BCUT2D eigenvalue weighted by molar-refractivity contribution is 7.84. The molecule has 112 valence electrons. The molecule has 0 bridgehead atoms. The summed E-state index contributed by atoms with van der Waals surface area (Å²) in [6.45, 7) is 2.95. The second kappa shape index (κ2) is 6.38. The molecule has 0 radical (unpaired) electrons. The number of hydrogen-bond donors (Lipinski definition) is 1. The lowest BCUT2D eigenvalue weighted by atomic mass is 10.2. The average Bonchev–Trinajstić information content (AvgIpc) is 3.22. The smallest absolute Gasteiger partial charge is 0.0959 e. The van der Waals surface area contributed by atoms with Crippen LogP contribution >= 0.6 is 11.3 Å². The van der Waals surface area contributed by atoms with E-state index in [4.69, 9.17) is 4.98 Å². The molecule has 1 aromatic carbocycles.